The summed E-state index contributed by atoms with van der Waals surface area (Å²) in [4.78, 5) is 10.8. The highest BCUT2D eigenvalue weighted by molar-refractivity contribution is 7.99. The molecule has 0 radical (unpaired) electrons. The van der Waals surface area contributed by atoms with Gasteiger partial charge in [0.05, 0.1) is 5.92 Å². The molecule has 0 aromatic carbocycles. The normalized spacial score (nSPS) is 41.8. The van der Waals surface area contributed by atoms with Crippen LogP contribution in [-0.2, 0) is 4.79 Å². The van der Waals surface area contributed by atoms with Crippen molar-refractivity contribution in [2.24, 2.45) is 16.7 Å². The molecule has 0 aromatic rings. The predicted molar refractivity (Wildman–Crippen MR) is 53.9 cm³/mol. The second kappa shape index (κ2) is 2.66. The van der Waals surface area contributed by atoms with E-state index in [2.05, 4.69) is 13.8 Å². The average Bonchev–Trinajstić information content (AvgIpc) is 2.60. The zero-order valence-electron chi connectivity index (χ0n) is 8.17. The van der Waals surface area contributed by atoms with Crippen molar-refractivity contribution >= 4 is 17.7 Å². The molecule has 1 saturated carbocycles. The molecular weight excluding hydrogens is 184 g/mol. The van der Waals surface area contributed by atoms with Crippen LogP contribution in [-0.4, -0.2) is 22.6 Å². The van der Waals surface area contributed by atoms with Crippen molar-refractivity contribution in [3.05, 3.63) is 0 Å². The van der Waals surface area contributed by atoms with E-state index in [0.717, 1.165) is 18.6 Å². The minimum absolute atomic E-state index is 0.0421. The minimum atomic E-state index is -0.585. The van der Waals surface area contributed by atoms with Gasteiger partial charge in [-0.2, -0.15) is 11.8 Å². The maximum absolute atomic E-state index is 10.8. The van der Waals surface area contributed by atoms with E-state index in [4.69, 9.17) is 5.11 Å². The molecule has 0 amide bonds. The molecule has 0 aromatic heterocycles. The Morgan fingerprint density at radius 2 is 2.15 bits per heavy atom. The number of rotatable bonds is 1. The predicted octanol–water partition coefficient (Wildman–Crippen LogP) is 2.24. The first-order valence-electron chi connectivity index (χ1n) is 4.76. The van der Waals surface area contributed by atoms with Gasteiger partial charge in [-0.25, -0.2) is 0 Å². The summed E-state index contributed by atoms with van der Waals surface area (Å²) in [5.74, 6) is 1.62. The van der Waals surface area contributed by atoms with E-state index in [1.165, 1.54) is 5.75 Å². The van der Waals surface area contributed by atoms with E-state index in [0.29, 0.717) is 5.41 Å². The van der Waals surface area contributed by atoms with Crippen molar-refractivity contribution < 1.29 is 9.90 Å². The Kier molecular flexibility index (Phi) is 1.92. The maximum atomic E-state index is 10.8. The number of thioether (sulfide) groups is 1. The molecule has 2 fully saturated rings. The van der Waals surface area contributed by atoms with Crippen molar-refractivity contribution in [3.63, 3.8) is 0 Å². The van der Waals surface area contributed by atoms with Crippen LogP contribution >= 0.6 is 11.8 Å². The van der Waals surface area contributed by atoms with Crippen molar-refractivity contribution in [1.29, 1.82) is 0 Å². The Hall–Kier alpha value is -0.180. The fourth-order valence-corrected chi connectivity index (χ4v) is 4.22. The Balaban J connectivity index is 2.06. The van der Waals surface area contributed by atoms with Crippen molar-refractivity contribution in [1.82, 2.24) is 0 Å². The van der Waals surface area contributed by atoms with Gasteiger partial charge in [0.2, 0.25) is 0 Å². The third kappa shape index (κ3) is 1.58. The molecule has 0 bridgehead atoms. The first-order chi connectivity index (χ1) is 5.95. The summed E-state index contributed by atoms with van der Waals surface area (Å²) in [6, 6.07) is 0. The number of carboxylic acids is 1. The fraction of sp³-hybridized carbons (Fsp3) is 0.900. The summed E-state index contributed by atoms with van der Waals surface area (Å²) < 4.78 is 0. The highest BCUT2D eigenvalue weighted by atomic mass is 32.2. The number of hydrogen-bond donors (Lipinski definition) is 1. The summed E-state index contributed by atoms with van der Waals surface area (Å²) in [6.45, 7) is 4.50. The zero-order valence-corrected chi connectivity index (χ0v) is 8.99. The van der Waals surface area contributed by atoms with E-state index in [1.54, 1.807) is 0 Å². The first kappa shape index (κ1) is 9.38. The van der Waals surface area contributed by atoms with Crippen LogP contribution in [0.25, 0.3) is 0 Å². The molecule has 1 N–H and O–H groups in total. The summed E-state index contributed by atoms with van der Waals surface area (Å²) in [6.07, 6.45) is 2.02. The second-order valence-electron chi connectivity index (χ2n) is 5.29. The third-order valence-electron chi connectivity index (χ3n) is 3.20. The fourth-order valence-electron chi connectivity index (χ4n) is 2.64. The molecule has 3 heteroatoms. The molecule has 2 aliphatic rings. The smallest absolute Gasteiger partial charge is 0.307 e. The van der Waals surface area contributed by atoms with Gasteiger partial charge >= 0.3 is 5.97 Å². The lowest BCUT2D eigenvalue weighted by Gasteiger charge is -2.35. The molecule has 2 unspecified atom stereocenters. The molecule has 2 rings (SSSR count). The topological polar surface area (TPSA) is 37.3 Å². The molecular formula is C10H16O2S. The number of hydrogen-bond acceptors (Lipinski definition) is 2. The van der Waals surface area contributed by atoms with Crippen molar-refractivity contribution in [2.75, 3.05) is 11.5 Å². The number of aliphatic carboxylic acids is 1. The second-order valence-corrected chi connectivity index (χ2v) is 6.28. The van der Waals surface area contributed by atoms with Gasteiger partial charge in [-0.15, -0.1) is 0 Å². The highest BCUT2D eigenvalue weighted by Gasteiger charge is 2.61. The molecule has 1 heterocycles. The Bertz CT molecular complexity index is 249. The van der Waals surface area contributed by atoms with Crippen LogP contribution < -0.4 is 0 Å². The number of carboxylic acid groups (broad SMARTS) is 1. The Morgan fingerprint density at radius 1 is 1.46 bits per heavy atom. The quantitative estimate of drug-likeness (QED) is 0.705. The van der Waals surface area contributed by atoms with Crippen molar-refractivity contribution in [3.8, 4) is 0 Å². The minimum Gasteiger partial charge on any atom is -0.481 e. The van der Waals surface area contributed by atoms with Gasteiger partial charge in [-0.1, -0.05) is 13.8 Å². The molecule has 2 nitrogen and oxygen atoms in total. The van der Waals surface area contributed by atoms with Crippen LogP contribution in [0.1, 0.15) is 26.7 Å². The van der Waals surface area contributed by atoms with Crippen LogP contribution in [0.3, 0.4) is 0 Å². The third-order valence-corrected chi connectivity index (χ3v) is 4.97. The van der Waals surface area contributed by atoms with E-state index in [1.807, 2.05) is 11.8 Å². The van der Waals surface area contributed by atoms with Crippen LogP contribution in [0.5, 0.6) is 0 Å². The standard InChI is InChI=1S/C10H16O2S/c1-9(2)4-10(6-13-5-9)3-7(10)8(11)12/h7H,3-6H2,1-2H3,(H,11,12). The molecule has 1 saturated heterocycles. The lowest BCUT2D eigenvalue weighted by molar-refractivity contribution is -0.139. The lowest BCUT2D eigenvalue weighted by Crippen LogP contribution is -2.30. The molecule has 1 aliphatic carbocycles. The van der Waals surface area contributed by atoms with Gasteiger partial charge in [0.1, 0.15) is 0 Å². The van der Waals surface area contributed by atoms with Crippen LogP contribution in [0, 0.1) is 16.7 Å². The van der Waals surface area contributed by atoms with Gasteiger partial charge in [-0.05, 0) is 35.2 Å². The van der Waals surface area contributed by atoms with Crippen molar-refractivity contribution in [2.45, 2.75) is 26.7 Å². The van der Waals surface area contributed by atoms with E-state index >= 15 is 0 Å². The monoisotopic (exact) mass is 200 g/mol. The van der Waals surface area contributed by atoms with Gasteiger partial charge in [0.15, 0.2) is 0 Å². The lowest BCUT2D eigenvalue weighted by atomic mass is 9.81. The van der Waals surface area contributed by atoms with E-state index in [9.17, 15) is 4.79 Å². The Morgan fingerprint density at radius 3 is 2.62 bits per heavy atom. The summed E-state index contributed by atoms with van der Waals surface area (Å²) in [5.41, 5.74) is 0.505. The van der Waals surface area contributed by atoms with Crippen LogP contribution in [0.4, 0.5) is 0 Å². The number of carbonyl (C=O) groups is 1. The molecule has 2 atom stereocenters. The molecule has 1 aliphatic heterocycles. The van der Waals surface area contributed by atoms with Gasteiger partial charge in [-0.3, -0.25) is 4.79 Å². The highest BCUT2D eigenvalue weighted by Crippen LogP contribution is 2.63. The van der Waals surface area contributed by atoms with Crippen LogP contribution in [0.2, 0.25) is 0 Å². The Labute approximate surface area is 83.1 Å². The largest absolute Gasteiger partial charge is 0.481 e. The molecule has 13 heavy (non-hydrogen) atoms. The zero-order chi connectivity index (χ0) is 9.69. The maximum Gasteiger partial charge on any atom is 0.307 e. The van der Waals surface area contributed by atoms with Gasteiger partial charge < -0.3 is 5.11 Å². The summed E-state index contributed by atoms with van der Waals surface area (Å²) in [5, 5.41) is 8.93. The molecule has 74 valence electrons. The van der Waals surface area contributed by atoms with Gasteiger partial charge in [0.25, 0.3) is 0 Å². The van der Waals surface area contributed by atoms with Crippen LogP contribution in [0.15, 0.2) is 0 Å². The van der Waals surface area contributed by atoms with E-state index < -0.39 is 5.97 Å². The first-order valence-corrected chi connectivity index (χ1v) is 5.91. The van der Waals surface area contributed by atoms with Gasteiger partial charge in [0, 0.05) is 0 Å². The molecule has 1 spiro atoms. The summed E-state index contributed by atoms with van der Waals surface area (Å²) >= 11 is 1.93. The average molecular weight is 200 g/mol. The van der Waals surface area contributed by atoms with E-state index in [-0.39, 0.29) is 11.3 Å². The SMILES string of the molecule is CC1(C)CSCC2(CC2C(=O)O)C1. The summed E-state index contributed by atoms with van der Waals surface area (Å²) in [7, 11) is 0.